The fourth-order valence-electron chi connectivity index (χ4n) is 4.20. The van der Waals surface area contributed by atoms with Gasteiger partial charge in [0.15, 0.2) is 0 Å². The Morgan fingerprint density at radius 3 is 2.39 bits per heavy atom. The summed E-state index contributed by atoms with van der Waals surface area (Å²) < 4.78 is 46.5. The monoisotopic (exact) mass is 452 g/mol. The number of rotatable bonds is 6. The number of carboxylic acid groups (broad SMARTS) is 1. The standard InChI is InChI=1S/C27H23F3O3/c1-17-10-11-19(14-23(17)26(31)32)21-8-5-9-22(21)24-15-20(27(28,29)30)12-13-25(24)33-16-18-6-3-2-4-7-18/h2-4,6-7,10-15H,5,8-9,16H2,1H3,(H,31,32). The molecule has 0 saturated heterocycles. The molecule has 1 aliphatic carbocycles. The van der Waals surface area contributed by atoms with Gasteiger partial charge in [0.25, 0.3) is 0 Å². The predicted molar refractivity (Wildman–Crippen MR) is 121 cm³/mol. The number of aromatic carboxylic acids is 1. The van der Waals surface area contributed by atoms with E-state index >= 15 is 0 Å². The Bertz CT molecular complexity index is 1210. The van der Waals surface area contributed by atoms with E-state index in [1.165, 1.54) is 6.07 Å². The molecule has 0 radical (unpaired) electrons. The van der Waals surface area contributed by atoms with Crippen LogP contribution in [0.15, 0.2) is 66.7 Å². The fraction of sp³-hybridized carbons (Fsp3) is 0.222. The molecule has 0 bridgehead atoms. The van der Waals surface area contributed by atoms with Crippen molar-refractivity contribution in [2.24, 2.45) is 0 Å². The number of carboxylic acids is 1. The lowest BCUT2D eigenvalue weighted by Crippen LogP contribution is -2.07. The van der Waals surface area contributed by atoms with E-state index in [9.17, 15) is 23.1 Å². The lowest BCUT2D eigenvalue weighted by molar-refractivity contribution is -0.137. The SMILES string of the molecule is Cc1ccc(C2=C(c3cc(C(F)(F)F)ccc3OCc3ccccc3)CCC2)cc1C(=O)O. The van der Waals surface area contributed by atoms with Crippen LogP contribution in [0, 0.1) is 6.92 Å². The molecule has 0 atom stereocenters. The van der Waals surface area contributed by atoms with Crippen molar-refractivity contribution in [1.29, 1.82) is 0 Å². The third-order valence-electron chi connectivity index (χ3n) is 5.90. The van der Waals surface area contributed by atoms with Crippen molar-refractivity contribution in [2.45, 2.75) is 39.0 Å². The van der Waals surface area contributed by atoms with E-state index in [1.807, 2.05) is 36.4 Å². The second-order valence-corrected chi connectivity index (χ2v) is 8.13. The summed E-state index contributed by atoms with van der Waals surface area (Å²) in [5, 5.41) is 9.50. The summed E-state index contributed by atoms with van der Waals surface area (Å²) >= 11 is 0. The molecule has 0 aliphatic heterocycles. The van der Waals surface area contributed by atoms with Crippen molar-refractivity contribution in [2.75, 3.05) is 0 Å². The van der Waals surface area contributed by atoms with E-state index in [4.69, 9.17) is 4.74 Å². The largest absolute Gasteiger partial charge is 0.488 e. The van der Waals surface area contributed by atoms with Crippen molar-refractivity contribution in [3.05, 3.63) is 100 Å². The summed E-state index contributed by atoms with van der Waals surface area (Å²) in [4.78, 5) is 11.6. The van der Waals surface area contributed by atoms with Crippen LogP contribution in [0.3, 0.4) is 0 Å². The zero-order chi connectivity index (χ0) is 23.6. The highest BCUT2D eigenvalue weighted by Gasteiger charge is 2.32. The van der Waals surface area contributed by atoms with Crippen LogP contribution < -0.4 is 4.74 Å². The second-order valence-electron chi connectivity index (χ2n) is 8.13. The molecule has 0 fully saturated rings. The first-order chi connectivity index (χ1) is 15.7. The van der Waals surface area contributed by atoms with Crippen LogP contribution in [-0.2, 0) is 12.8 Å². The summed E-state index contributed by atoms with van der Waals surface area (Å²) in [6.07, 6.45) is -2.46. The molecule has 3 aromatic carbocycles. The third-order valence-corrected chi connectivity index (χ3v) is 5.90. The normalized spacial score (nSPS) is 13.9. The van der Waals surface area contributed by atoms with Crippen LogP contribution in [-0.4, -0.2) is 11.1 Å². The highest BCUT2D eigenvalue weighted by Crippen LogP contribution is 2.45. The Morgan fingerprint density at radius 2 is 1.70 bits per heavy atom. The molecule has 0 amide bonds. The molecule has 0 unspecified atom stereocenters. The molecule has 1 aliphatic rings. The molecule has 0 heterocycles. The van der Waals surface area contributed by atoms with Gasteiger partial charge in [0.2, 0.25) is 0 Å². The van der Waals surface area contributed by atoms with Crippen molar-refractivity contribution in [1.82, 2.24) is 0 Å². The van der Waals surface area contributed by atoms with E-state index in [-0.39, 0.29) is 12.2 Å². The van der Waals surface area contributed by atoms with E-state index in [0.717, 1.165) is 40.8 Å². The van der Waals surface area contributed by atoms with Gasteiger partial charge in [-0.3, -0.25) is 0 Å². The third kappa shape index (κ3) is 4.95. The summed E-state index contributed by atoms with van der Waals surface area (Å²) in [6.45, 7) is 1.95. The Balaban J connectivity index is 1.80. The smallest absolute Gasteiger partial charge is 0.416 e. The molecule has 3 aromatic rings. The molecule has 33 heavy (non-hydrogen) atoms. The van der Waals surface area contributed by atoms with Crippen LogP contribution in [0.2, 0.25) is 0 Å². The van der Waals surface area contributed by atoms with Crippen molar-refractivity contribution >= 4 is 17.1 Å². The Kier molecular flexibility index (Phi) is 6.27. The van der Waals surface area contributed by atoms with Gasteiger partial charge in [-0.05, 0) is 78.3 Å². The quantitative estimate of drug-likeness (QED) is 0.424. The van der Waals surface area contributed by atoms with Gasteiger partial charge in [-0.25, -0.2) is 4.79 Å². The predicted octanol–water partition coefficient (Wildman–Crippen LogP) is 7.39. The zero-order valence-corrected chi connectivity index (χ0v) is 18.1. The Hall–Kier alpha value is -3.54. The summed E-state index contributed by atoms with van der Waals surface area (Å²) in [7, 11) is 0. The lowest BCUT2D eigenvalue weighted by Gasteiger charge is -2.17. The minimum Gasteiger partial charge on any atom is -0.488 e. The van der Waals surface area contributed by atoms with Gasteiger partial charge in [0, 0.05) is 5.56 Å². The average molecular weight is 452 g/mol. The van der Waals surface area contributed by atoms with Crippen LogP contribution in [0.4, 0.5) is 13.2 Å². The number of carbonyl (C=O) groups is 1. The van der Waals surface area contributed by atoms with Gasteiger partial charge in [-0.2, -0.15) is 13.2 Å². The Morgan fingerprint density at radius 1 is 0.970 bits per heavy atom. The number of hydrogen-bond donors (Lipinski definition) is 1. The van der Waals surface area contributed by atoms with E-state index < -0.39 is 17.7 Å². The number of ether oxygens (including phenoxy) is 1. The number of allylic oxidation sites excluding steroid dienone is 2. The minimum atomic E-state index is -4.48. The highest BCUT2D eigenvalue weighted by atomic mass is 19.4. The van der Waals surface area contributed by atoms with Crippen LogP contribution in [0.1, 0.15) is 57.4 Å². The molecule has 0 aromatic heterocycles. The topological polar surface area (TPSA) is 46.5 Å². The maximum atomic E-state index is 13.5. The van der Waals surface area contributed by atoms with Crippen LogP contribution in [0.25, 0.3) is 11.1 Å². The number of benzene rings is 3. The number of alkyl halides is 3. The minimum absolute atomic E-state index is 0.191. The molecule has 0 spiro atoms. The molecule has 3 nitrogen and oxygen atoms in total. The fourth-order valence-corrected chi connectivity index (χ4v) is 4.20. The van der Waals surface area contributed by atoms with E-state index in [2.05, 4.69) is 0 Å². The molecule has 4 rings (SSSR count). The second kappa shape index (κ2) is 9.14. The molecular weight excluding hydrogens is 429 g/mol. The van der Waals surface area contributed by atoms with Crippen LogP contribution in [0.5, 0.6) is 5.75 Å². The number of hydrogen-bond acceptors (Lipinski definition) is 2. The zero-order valence-electron chi connectivity index (χ0n) is 18.1. The van der Waals surface area contributed by atoms with Gasteiger partial charge in [-0.15, -0.1) is 0 Å². The molecule has 1 N–H and O–H groups in total. The van der Waals surface area contributed by atoms with E-state index in [1.54, 1.807) is 19.1 Å². The van der Waals surface area contributed by atoms with E-state index in [0.29, 0.717) is 29.7 Å². The van der Waals surface area contributed by atoms with Crippen molar-refractivity contribution in [3.8, 4) is 5.75 Å². The molecular formula is C27H23F3O3. The first-order valence-electron chi connectivity index (χ1n) is 10.7. The van der Waals surface area contributed by atoms with Crippen molar-refractivity contribution in [3.63, 3.8) is 0 Å². The summed E-state index contributed by atoms with van der Waals surface area (Å²) in [6, 6.07) is 18.2. The summed E-state index contributed by atoms with van der Waals surface area (Å²) in [5.74, 6) is -0.646. The lowest BCUT2D eigenvalue weighted by atomic mass is 9.93. The van der Waals surface area contributed by atoms with Crippen LogP contribution >= 0.6 is 0 Å². The first-order valence-corrected chi connectivity index (χ1v) is 10.7. The maximum absolute atomic E-state index is 13.5. The first kappa shape index (κ1) is 22.6. The van der Waals surface area contributed by atoms with Gasteiger partial charge < -0.3 is 9.84 Å². The molecule has 170 valence electrons. The van der Waals surface area contributed by atoms with Crippen molar-refractivity contribution < 1.29 is 27.8 Å². The molecule has 6 heteroatoms. The average Bonchev–Trinajstić information content (AvgIpc) is 3.27. The maximum Gasteiger partial charge on any atom is 0.416 e. The van der Waals surface area contributed by atoms with Gasteiger partial charge in [0.1, 0.15) is 12.4 Å². The van der Waals surface area contributed by atoms with Gasteiger partial charge in [0.05, 0.1) is 11.1 Å². The summed E-state index contributed by atoms with van der Waals surface area (Å²) in [5.41, 5.74) is 3.76. The molecule has 0 saturated carbocycles. The number of halogens is 3. The van der Waals surface area contributed by atoms with Gasteiger partial charge >= 0.3 is 12.1 Å². The highest BCUT2D eigenvalue weighted by molar-refractivity contribution is 5.97. The Labute approximate surface area is 190 Å². The number of aryl methyl sites for hydroxylation is 1. The van der Waals surface area contributed by atoms with Gasteiger partial charge in [-0.1, -0.05) is 42.5 Å².